The van der Waals surface area contributed by atoms with Crippen LogP contribution in [-0.4, -0.2) is 40.3 Å². The number of carbonyl (C=O) groups excluding carboxylic acids is 1. The van der Waals surface area contributed by atoms with Crippen molar-refractivity contribution in [2.75, 3.05) is 20.3 Å². The Morgan fingerprint density at radius 1 is 1.00 bits per heavy atom. The second-order valence-corrected chi connectivity index (χ2v) is 9.63. The third-order valence-corrected chi connectivity index (χ3v) is 7.05. The van der Waals surface area contributed by atoms with Crippen molar-refractivity contribution in [3.05, 3.63) is 114 Å². The summed E-state index contributed by atoms with van der Waals surface area (Å²) in [6.45, 7) is 4.71. The van der Waals surface area contributed by atoms with E-state index in [0.29, 0.717) is 25.4 Å². The van der Waals surface area contributed by atoms with E-state index in [1.165, 1.54) is 21.9 Å². The van der Waals surface area contributed by atoms with E-state index in [1.54, 1.807) is 7.11 Å². The smallest absolute Gasteiger partial charge is 0.267 e. The van der Waals surface area contributed by atoms with Crippen molar-refractivity contribution in [2.45, 2.75) is 32.9 Å². The van der Waals surface area contributed by atoms with E-state index < -0.39 is 0 Å². The van der Waals surface area contributed by atoms with Crippen LogP contribution < -0.4 is 5.32 Å². The normalized spacial score (nSPS) is 11.2. The number of nitrogens with one attached hydrogen (secondary N) is 1. The second-order valence-electron chi connectivity index (χ2n) is 9.63. The Kier molecular flexibility index (Phi) is 8.00. The van der Waals surface area contributed by atoms with Gasteiger partial charge in [-0.1, -0.05) is 66.7 Å². The summed E-state index contributed by atoms with van der Waals surface area (Å²) < 4.78 is 9.37. The fourth-order valence-electron chi connectivity index (χ4n) is 4.95. The van der Waals surface area contributed by atoms with Crippen molar-refractivity contribution in [3.8, 4) is 11.1 Å². The largest absolute Gasteiger partial charge is 0.385 e. The molecule has 1 N–H and O–H groups in total. The highest BCUT2D eigenvalue weighted by molar-refractivity contribution is 5.99. The Bertz CT molecular complexity index is 1530. The maximum atomic E-state index is 13.3. The van der Waals surface area contributed by atoms with Gasteiger partial charge in [0.1, 0.15) is 5.69 Å². The minimum atomic E-state index is -0.0847. The van der Waals surface area contributed by atoms with Crippen molar-refractivity contribution < 1.29 is 9.53 Å². The average molecular weight is 507 g/mol. The maximum Gasteiger partial charge on any atom is 0.267 e. The van der Waals surface area contributed by atoms with Crippen molar-refractivity contribution in [3.63, 3.8) is 0 Å². The zero-order valence-corrected chi connectivity index (χ0v) is 22.1. The summed E-state index contributed by atoms with van der Waals surface area (Å²) in [5, 5.41) is 5.41. The predicted octanol–water partition coefficient (Wildman–Crippen LogP) is 5.87. The molecule has 6 heteroatoms. The molecule has 3 aromatic carbocycles. The monoisotopic (exact) mass is 506 g/mol. The van der Waals surface area contributed by atoms with Gasteiger partial charge in [-0.05, 0) is 53.3 Å². The molecule has 0 atom stereocenters. The molecule has 0 aliphatic carbocycles. The molecule has 6 nitrogen and oxygen atoms in total. The molecule has 0 saturated carbocycles. The van der Waals surface area contributed by atoms with E-state index in [-0.39, 0.29) is 5.91 Å². The van der Waals surface area contributed by atoms with Gasteiger partial charge in [0, 0.05) is 44.8 Å². The van der Waals surface area contributed by atoms with E-state index in [2.05, 4.69) is 88.7 Å². The number of aryl methyl sites for hydroxylation is 3. The number of imidazole rings is 1. The number of amides is 1. The lowest BCUT2D eigenvalue weighted by Crippen LogP contribution is -2.27. The van der Waals surface area contributed by atoms with Gasteiger partial charge in [0.25, 0.3) is 5.91 Å². The van der Waals surface area contributed by atoms with Crippen LogP contribution in [0.1, 0.15) is 33.7 Å². The SMILES string of the molecule is COCCCNC(=O)c1cc(-c2cccc3ccccc23)cn1Cc1cncn1CCc1ccccc1C. The van der Waals surface area contributed by atoms with Crippen molar-refractivity contribution in [2.24, 2.45) is 0 Å². The highest BCUT2D eigenvalue weighted by Gasteiger charge is 2.17. The minimum absolute atomic E-state index is 0.0847. The summed E-state index contributed by atoms with van der Waals surface area (Å²) in [7, 11) is 1.67. The van der Waals surface area contributed by atoms with Crippen LogP contribution >= 0.6 is 0 Å². The number of carbonyl (C=O) groups is 1. The van der Waals surface area contributed by atoms with Crippen LogP contribution in [0, 0.1) is 6.92 Å². The molecule has 194 valence electrons. The van der Waals surface area contributed by atoms with Crippen LogP contribution in [0.25, 0.3) is 21.9 Å². The van der Waals surface area contributed by atoms with Gasteiger partial charge in [-0.25, -0.2) is 4.98 Å². The average Bonchev–Trinajstić information content (AvgIpc) is 3.57. The molecular weight excluding hydrogens is 472 g/mol. The van der Waals surface area contributed by atoms with Crippen LogP contribution in [0.5, 0.6) is 0 Å². The van der Waals surface area contributed by atoms with Gasteiger partial charge in [0.2, 0.25) is 0 Å². The summed E-state index contributed by atoms with van der Waals surface area (Å²) in [6, 6.07) is 25.2. The Hall–Kier alpha value is -4.16. The van der Waals surface area contributed by atoms with E-state index in [1.807, 2.05) is 29.2 Å². The molecular formula is C32H34N4O2. The number of rotatable bonds is 11. The number of fused-ring (bicyclic) bond motifs is 1. The molecule has 5 rings (SSSR count). The van der Waals surface area contributed by atoms with Crippen molar-refractivity contribution in [1.82, 2.24) is 19.4 Å². The Morgan fingerprint density at radius 3 is 2.68 bits per heavy atom. The summed E-state index contributed by atoms with van der Waals surface area (Å²) in [6.07, 6.45) is 7.56. The third kappa shape index (κ3) is 5.71. The van der Waals surface area contributed by atoms with Crippen molar-refractivity contribution >= 4 is 16.7 Å². The topological polar surface area (TPSA) is 61.1 Å². The van der Waals surface area contributed by atoms with E-state index >= 15 is 0 Å². The number of hydrogen-bond donors (Lipinski definition) is 1. The van der Waals surface area contributed by atoms with Crippen LogP contribution in [0.2, 0.25) is 0 Å². The first-order valence-corrected chi connectivity index (χ1v) is 13.1. The van der Waals surface area contributed by atoms with E-state index in [4.69, 9.17) is 4.74 Å². The van der Waals surface area contributed by atoms with Crippen molar-refractivity contribution in [1.29, 1.82) is 0 Å². The van der Waals surface area contributed by atoms with Gasteiger partial charge in [-0.15, -0.1) is 0 Å². The molecule has 0 fully saturated rings. The lowest BCUT2D eigenvalue weighted by molar-refractivity contribution is 0.0939. The number of benzene rings is 3. The predicted molar refractivity (Wildman–Crippen MR) is 152 cm³/mol. The molecule has 0 bridgehead atoms. The van der Waals surface area contributed by atoms with Gasteiger partial charge in [0.05, 0.1) is 18.6 Å². The summed E-state index contributed by atoms with van der Waals surface area (Å²) in [4.78, 5) is 17.7. The Morgan fingerprint density at radius 2 is 1.82 bits per heavy atom. The lowest BCUT2D eigenvalue weighted by atomic mass is 10.0. The molecule has 2 aromatic heterocycles. The van der Waals surface area contributed by atoms with Gasteiger partial charge >= 0.3 is 0 Å². The van der Waals surface area contributed by atoms with E-state index in [0.717, 1.165) is 36.2 Å². The first-order valence-electron chi connectivity index (χ1n) is 13.1. The van der Waals surface area contributed by atoms with Gasteiger partial charge in [-0.2, -0.15) is 0 Å². The summed E-state index contributed by atoms with van der Waals surface area (Å²) in [5.74, 6) is -0.0847. The summed E-state index contributed by atoms with van der Waals surface area (Å²) >= 11 is 0. The summed E-state index contributed by atoms with van der Waals surface area (Å²) in [5.41, 5.74) is 6.47. The molecule has 1 amide bonds. The van der Waals surface area contributed by atoms with Crippen LogP contribution in [-0.2, 0) is 24.2 Å². The third-order valence-electron chi connectivity index (χ3n) is 7.05. The number of hydrogen-bond acceptors (Lipinski definition) is 3. The van der Waals surface area contributed by atoms with Gasteiger partial charge in [-0.3, -0.25) is 4.79 Å². The zero-order chi connectivity index (χ0) is 26.3. The highest BCUT2D eigenvalue weighted by atomic mass is 16.5. The number of nitrogens with zero attached hydrogens (tertiary/aromatic N) is 3. The molecule has 0 unspecified atom stereocenters. The minimum Gasteiger partial charge on any atom is -0.385 e. The highest BCUT2D eigenvalue weighted by Crippen LogP contribution is 2.30. The Labute approximate surface area is 223 Å². The number of aromatic nitrogens is 3. The molecule has 5 aromatic rings. The van der Waals surface area contributed by atoms with Crippen LogP contribution in [0.3, 0.4) is 0 Å². The molecule has 38 heavy (non-hydrogen) atoms. The van der Waals surface area contributed by atoms with Gasteiger partial charge in [0.15, 0.2) is 0 Å². The zero-order valence-electron chi connectivity index (χ0n) is 22.1. The first-order chi connectivity index (χ1) is 18.6. The number of methoxy groups -OCH3 is 1. The first kappa shape index (κ1) is 25.5. The quantitative estimate of drug-likeness (QED) is 0.228. The fraction of sp³-hybridized carbons (Fsp3) is 0.250. The fourth-order valence-corrected chi connectivity index (χ4v) is 4.95. The molecule has 0 spiro atoms. The standard InChI is InChI=1S/C32H34N4O2/c1-24-9-3-4-10-25(24)15-17-35-23-33-20-28(35)22-36-21-27(19-31(36)32(37)34-16-8-18-38-2)30-14-7-12-26-11-5-6-13-29(26)30/h3-7,9-14,19-21,23H,8,15-18,22H2,1-2H3,(H,34,37). The lowest BCUT2D eigenvalue weighted by Gasteiger charge is -2.13. The molecule has 2 heterocycles. The van der Waals surface area contributed by atoms with Crippen LogP contribution in [0.4, 0.5) is 0 Å². The molecule has 0 radical (unpaired) electrons. The molecule has 0 saturated heterocycles. The second kappa shape index (κ2) is 11.9. The number of ether oxygens (including phenoxy) is 1. The maximum absolute atomic E-state index is 13.3. The Balaban J connectivity index is 1.44. The molecule has 0 aliphatic heterocycles. The van der Waals surface area contributed by atoms with Crippen LogP contribution in [0.15, 0.2) is 91.5 Å². The van der Waals surface area contributed by atoms with Gasteiger partial charge < -0.3 is 19.2 Å². The molecule has 0 aliphatic rings. The van der Waals surface area contributed by atoms with E-state index in [9.17, 15) is 4.79 Å².